The molecule has 0 spiro atoms. The fourth-order valence-electron chi connectivity index (χ4n) is 5.44. The summed E-state index contributed by atoms with van der Waals surface area (Å²) in [6.07, 6.45) is 4.61. The van der Waals surface area contributed by atoms with Crippen molar-refractivity contribution < 1.29 is 18.0 Å². The van der Waals surface area contributed by atoms with E-state index in [-0.39, 0.29) is 35.3 Å². The monoisotopic (exact) mass is 560 g/mol. The molecule has 1 heterocycles. The van der Waals surface area contributed by atoms with Crippen LogP contribution in [0.2, 0.25) is 5.02 Å². The van der Waals surface area contributed by atoms with E-state index in [0.717, 1.165) is 24.8 Å². The van der Waals surface area contributed by atoms with Crippen molar-refractivity contribution in [2.75, 3.05) is 19.6 Å². The zero-order chi connectivity index (χ0) is 27.1. The van der Waals surface area contributed by atoms with Gasteiger partial charge < -0.3 is 15.5 Å². The van der Waals surface area contributed by atoms with Crippen LogP contribution in [0.3, 0.4) is 0 Å². The van der Waals surface area contributed by atoms with Gasteiger partial charge in [-0.3, -0.25) is 4.79 Å². The molecule has 2 aromatic rings. The molecule has 0 bridgehead atoms. The van der Waals surface area contributed by atoms with Gasteiger partial charge in [0.15, 0.2) is 0 Å². The molecule has 10 heteroatoms. The number of hydrogen-bond donors (Lipinski definition) is 2. The number of likely N-dealkylation sites (tertiary alicyclic amines) is 1. The molecular weight excluding hydrogens is 524 g/mol. The lowest BCUT2D eigenvalue weighted by Crippen LogP contribution is -2.57. The molecule has 38 heavy (non-hydrogen) atoms. The molecule has 8 nitrogen and oxygen atoms in total. The molecule has 1 aliphatic carbocycles. The Morgan fingerprint density at radius 1 is 1.00 bits per heavy atom. The maximum Gasteiger partial charge on any atom is 0.317 e. The minimum absolute atomic E-state index is 0.112. The molecule has 4 rings (SSSR count). The summed E-state index contributed by atoms with van der Waals surface area (Å²) in [6, 6.07) is 14.8. The quantitative estimate of drug-likeness (QED) is 0.500. The van der Waals surface area contributed by atoms with E-state index >= 15 is 0 Å². The molecule has 3 atom stereocenters. The van der Waals surface area contributed by atoms with Crippen molar-refractivity contribution in [2.24, 2.45) is 5.92 Å². The van der Waals surface area contributed by atoms with Gasteiger partial charge in [0, 0.05) is 43.3 Å². The molecule has 0 radical (unpaired) electrons. The Hall–Kier alpha value is -2.62. The first-order valence-corrected chi connectivity index (χ1v) is 15.3. The second-order valence-electron chi connectivity index (χ2n) is 10.1. The highest BCUT2D eigenvalue weighted by Gasteiger charge is 2.39. The summed E-state index contributed by atoms with van der Waals surface area (Å²) in [6.45, 7) is 3.58. The number of nitrogens with zero attached hydrogens (tertiary/aromatic N) is 2. The first-order chi connectivity index (χ1) is 18.3. The molecule has 0 unspecified atom stereocenters. The van der Waals surface area contributed by atoms with E-state index < -0.39 is 16.1 Å². The zero-order valence-electron chi connectivity index (χ0n) is 21.8. The van der Waals surface area contributed by atoms with E-state index in [0.29, 0.717) is 43.9 Å². The predicted octanol–water partition coefficient (Wildman–Crippen LogP) is 4.40. The number of carbonyl (C=O) groups excluding carboxylic acids is 2. The summed E-state index contributed by atoms with van der Waals surface area (Å²) < 4.78 is 29.5. The van der Waals surface area contributed by atoms with Gasteiger partial charge >= 0.3 is 6.03 Å². The highest BCUT2D eigenvalue weighted by molar-refractivity contribution is 7.89. The molecule has 2 N–H and O–H groups in total. The smallest absolute Gasteiger partial charge is 0.317 e. The van der Waals surface area contributed by atoms with Crippen molar-refractivity contribution in [3.63, 3.8) is 0 Å². The van der Waals surface area contributed by atoms with Crippen molar-refractivity contribution in [1.82, 2.24) is 19.8 Å². The van der Waals surface area contributed by atoms with E-state index in [1.54, 1.807) is 51.7 Å². The molecule has 2 aromatic carbocycles. The summed E-state index contributed by atoms with van der Waals surface area (Å²) in [5.41, 5.74) is 0.828. The SMILES string of the molecule is CCNC(=O)N1CCC[C@H](C(=O)N[C@@H]2CCCC[C@H]2N(Cc2ccc(Cl)cc2)S(=O)(=O)c2ccccc2)C1. The first kappa shape index (κ1) is 28.4. The van der Waals surface area contributed by atoms with Crippen LogP contribution >= 0.6 is 11.6 Å². The van der Waals surface area contributed by atoms with Crippen molar-refractivity contribution >= 4 is 33.6 Å². The van der Waals surface area contributed by atoms with E-state index in [9.17, 15) is 18.0 Å². The predicted molar refractivity (Wildman–Crippen MR) is 148 cm³/mol. The molecule has 206 valence electrons. The molecule has 3 amide bonds. The molecule has 1 aliphatic heterocycles. The summed E-state index contributed by atoms with van der Waals surface area (Å²) in [5, 5.41) is 6.60. The molecule has 2 fully saturated rings. The van der Waals surface area contributed by atoms with Crippen LogP contribution in [0.15, 0.2) is 59.5 Å². The van der Waals surface area contributed by atoms with Crippen molar-refractivity contribution in [1.29, 1.82) is 0 Å². The third-order valence-corrected chi connectivity index (χ3v) is 9.57. The summed E-state index contributed by atoms with van der Waals surface area (Å²) in [4.78, 5) is 27.7. The van der Waals surface area contributed by atoms with Gasteiger partial charge in [-0.25, -0.2) is 13.2 Å². The van der Waals surface area contributed by atoms with Crippen molar-refractivity contribution in [2.45, 2.75) is 69.0 Å². The Kier molecular flexibility index (Phi) is 9.68. The molecule has 2 aliphatic rings. The van der Waals surface area contributed by atoms with E-state index in [4.69, 9.17) is 11.6 Å². The number of benzene rings is 2. The number of hydrogen-bond acceptors (Lipinski definition) is 4. The lowest BCUT2D eigenvalue weighted by Gasteiger charge is -2.40. The standard InChI is InChI=1S/C28H37ClN4O4S/c1-2-30-28(35)32-18-8-9-22(20-32)27(34)31-25-12-6-7-13-26(25)33(19-21-14-16-23(29)17-15-21)38(36,37)24-10-4-3-5-11-24/h3-5,10-11,14-17,22,25-26H,2,6-9,12-13,18-20H2,1H3,(H,30,35)(H,31,34)/t22-,25+,26+/m0/s1. The van der Waals surface area contributed by atoms with Gasteiger partial charge in [-0.1, -0.05) is 54.8 Å². The maximum absolute atomic E-state index is 14.0. The van der Waals surface area contributed by atoms with Gasteiger partial charge in [0.05, 0.1) is 10.8 Å². The van der Waals surface area contributed by atoms with E-state index in [2.05, 4.69) is 10.6 Å². The number of urea groups is 1. The Morgan fingerprint density at radius 2 is 1.71 bits per heavy atom. The van der Waals surface area contributed by atoms with Crippen LogP contribution in [0.4, 0.5) is 4.79 Å². The van der Waals surface area contributed by atoms with Gasteiger partial charge in [0.25, 0.3) is 0 Å². The topological polar surface area (TPSA) is 98.8 Å². The van der Waals surface area contributed by atoms with Crippen molar-refractivity contribution in [3.05, 3.63) is 65.2 Å². The van der Waals surface area contributed by atoms with Crippen LogP contribution in [-0.2, 0) is 21.4 Å². The largest absolute Gasteiger partial charge is 0.351 e. The number of carbonyl (C=O) groups is 2. The maximum atomic E-state index is 14.0. The average molecular weight is 561 g/mol. The molecule has 1 saturated heterocycles. The molecule has 0 aromatic heterocycles. The Labute approximate surface area is 230 Å². The van der Waals surface area contributed by atoms with Gasteiger partial charge in [-0.2, -0.15) is 4.31 Å². The summed E-state index contributed by atoms with van der Waals surface area (Å²) in [5.74, 6) is -0.427. The average Bonchev–Trinajstić information content (AvgIpc) is 2.94. The lowest BCUT2D eigenvalue weighted by atomic mass is 9.89. The Bertz CT molecular complexity index is 1190. The summed E-state index contributed by atoms with van der Waals surface area (Å²) >= 11 is 6.08. The fraction of sp³-hybridized carbons (Fsp3) is 0.500. The Morgan fingerprint density at radius 3 is 2.42 bits per heavy atom. The van der Waals surface area contributed by atoms with Gasteiger partial charge in [0.2, 0.25) is 15.9 Å². The molecule has 1 saturated carbocycles. The van der Waals surface area contributed by atoms with E-state index in [1.165, 1.54) is 0 Å². The third kappa shape index (κ3) is 6.87. The van der Waals surface area contributed by atoms with Crippen LogP contribution in [-0.4, -0.2) is 61.3 Å². The van der Waals surface area contributed by atoms with Crippen molar-refractivity contribution in [3.8, 4) is 0 Å². The van der Waals surface area contributed by atoms with Gasteiger partial charge in [-0.15, -0.1) is 0 Å². The number of sulfonamides is 1. The van der Waals surface area contributed by atoms with Crippen LogP contribution in [0.5, 0.6) is 0 Å². The second kappa shape index (κ2) is 13.0. The third-order valence-electron chi connectivity index (χ3n) is 7.44. The summed E-state index contributed by atoms with van der Waals surface area (Å²) in [7, 11) is -3.84. The molecular formula is C28H37ClN4O4S. The fourth-order valence-corrected chi connectivity index (χ4v) is 7.27. The first-order valence-electron chi connectivity index (χ1n) is 13.4. The van der Waals surface area contributed by atoms with Crippen LogP contribution in [0.1, 0.15) is 51.0 Å². The van der Waals surface area contributed by atoms with Crippen LogP contribution in [0.25, 0.3) is 0 Å². The second-order valence-corrected chi connectivity index (χ2v) is 12.4. The normalized spacial score (nSPS) is 22.2. The van der Waals surface area contributed by atoms with Crippen LogP contribution < -0.4 is 10.6 Å². The highest BCUT2D eigenvalue weighted by Crippen LogP contribution is 2.31. The Balaban J connectivity index is 1.57. The van der Waals surface area contributed by atoms with Crippen LogP contribution in [0, 0.1) is 5.92 Å². The minimum Gasteiger partial charge on any atom is -0.351 e. The van der Waals surface area contributed by atoms with Gasteiger partial charge in [-0.05, 0) is 62.4 Å². The zero-order valence-corrected chi connectivity index (χ0v) is 23.4. The number of nitrogens with one attached hydrogen (secondary N) is 2. The number of piperidine rings is 1. The number of halogens is 1. The van der Waals surface area contributed by atoms with Gasteiger partial charge in [0.1, 0.15) is 0 Å². The lowest BCUT2D eigenvalue weighted by molar-refractivity contribution is -0.127. The minimum atomic E-state index is -3.84. The number of amides is 3. The number of rotatable bonds is 8. The highest BCUT2D eigenvalue weighted by atomic mass is 35.5. The van der Waals surface area contributed by atoms with E-state index in [1.807, 2.05) is 19.1 Å².